The molecule has 8 heteroatoms. The van der Waals surface area contributed by atoms with Crippen molar-refractivity contribution in [1.82, 2.24) is 10.2 Å². The quantitative estimate of drug-likeness (QED) is 0.259. The third-order valence-corrected chi connectivity index (χ3v) is 5.67. The number of amides is 1. The molecule has 0 aliphatic rings. The van der Waals surface area contributed by atoms with Crippen molar-refractivity contribution in [1.29, 1.82) is 5.26 Å². The summed E-state index contributed by atoms with van der Waals surface area (Å²) in [6.45, 7) is 6.96. The van der Waals surface area contributed by atoms with E-state index >= 15 is 0 Å². The maximum Gasteiger partial charge on any atom is 0.268 e. The van der Waals surface area contributed by atoms with Crippen LogP contribution in [-0.2, 0) is 17.6 Å². The third kappa shape index (κ3) is 7.16. The average Bonchev–Trinajstić information content (AvgIpc) is 3.28. The van der Waals surface area contributed by atoms with Crippen LogP contribution in [-0.4, -0.2) is 29.3 Å². The van der Waals surface area contributed by atoms with Gasteiger partial charge >= 0.3 is 0 Å². The number of hydrogen-bond donors (Lipinski definition) is 1. The minimum atomic E-state index is -0.517. The lowest BCUT2D eigenvalue weighted by molar-refractivity contribution is -0.112. The van der Waals surface area contributed by atoms with Crippen molar-refractivity contribution < 1.29 is 14.3 Å². The van der Waals surface area contributed by atoms with Gasteiger partial charge in [0.2, 0.25) is 5.13 Å². The summed E-state index contributed by atoms with van der Waals surface area (Å²) in [5, 5.41) is 21.0. The minimum absolute atomic E-state index is 0.0186. The number of aryl methyl sites for hydroxylation is 3. The maximum absolute atomic E-state index is 12.4. The Hall–Kier alpha value is -3.70. The zero-order valence-electron chi connectivity index (χ0n) is 18.9. The molecule has 0 bridgehead atoms. The molecule has 0 atom stereocenters. The van der Waals surface area contributed by atoms with Gasteiger partial charge in [0.1, 0.15) is 41.4 Å². The first-order valence-corrected chi connectivity index (χ1v) is 11.5. The van der Waals surface area contributed by atoms with E-state index in [-0.39, 0.29) is 5.57 Å². The Morgan fingerprint density at radius 2 is 1.79 bits per heavy atom. The fourth-order valence-electron chi connectivity index (χ4n) is 3.02. The third-order valence-electron chi connectivity index (χ3n) is 4.69. The highest BCUT2D eigenvalue weighted by Crippen LogP contribution is 2.19. The second-order valence-electron chi connectivity index (χ2n) is 7.25. The second-order valence-corrected chi connectivity index (χ2v) is 8.31. The van der Waals surface area contributed by atoms with Gasteiger partial charge in [0, 0.05) is 0 Å². The van der Waals surface area contributed by atoms with Gasteiger partial charge in [-0.25, -0.2) is 0 Å². The lowest BCUT2D eigenvalue weighted by Gasteiger charge is -2.10. The number of nitrogens with one attached hydrogen (secondary N) is 1. The molecule has 3 rings (SSSR count). The van der Waals surface area contributed by atoms with E-state index in [9.17, 15) is 10.1 Å². The lowest BCUT2D eigenvalue weighted by Crippen LogP contribution is -2.13. The molecule has 0 fully saturated rings. The Morgan fingerprint density at radius 3 is 2.42 bits per heavy atom. The molecule has 1 heterocycles. The summed E-state index contributed by atoms with van der Waals surface area (Å²) >= 11 is 1.29. The monoisotopic (exact) mass is 462 g/mol. The zero-order chi connectivity index (χ0) is 23.6. The summed E-state index contributed by atoms with van der Waals surface area (Å²) in [6, 6.07) is 15.3. The molecule has 1 amide bonds. The number of hydrogen-bond acceptors (Lipinski definition) is 7. The SMILES string of the molecule is CCc1cc(C)cc(OCCOc2ccc(/C=C(/C#N)C(=O)Nc3nnc(CC)s3)cc2)c1. The summed E-state index contributed by atoms with van der Waals surface area (Å²) in [4.78, 5) is 12.4. The van der Waals surface area contributed by atoms with Crippen molar-refractivity contribution in [3.63, 3.8) is 0 Å². The normalized spacial score (nSPS) is 11.0. The van der Waals surface area contributed by atoms with Crippen molar-refractivity contribution in [2.45, 2.75) is 33.6 Å². The van der Waals surface area contributed by atoms with E-state index < -0.39 is 5.91 Å². The van der Waals surface area contributed by atoms with Crippen LogP contribution in [0.1, 0.15) is 35.5 Å². The summed E-state index contributed by atoms with van der Waals surface area (Å²) in [5.74, 6) is 1.01. The van der Waals surface area contributed by atoms with E-state index in [4.69, 9.17) is 9.47 Å². The molecule has 1 N–H and O–H groups in total. The predicted molar refractivity (Wildman–Crippen MR) is 129 cm³/mol. The van der Waals surface area contributed by atoms with Gasteiger partial charge in [0.25, 0.3) is 5.91 Å². The highest BCUT2D eigenvalue weighted by molar-refractivity contribution is 7.15. The first-order valence-electron chi connectivity index (χ1n) is 10.7. The summed E-state index contributed by atoms with van der Waals surface area (Å²) in [6.07, 6.45) is 3.22. The molecule has 0 saturated carbocycles. The van der Waals surface area contributed by atoms with Gasteiger partial charge in [-0.1, -0.05) is 43.4 Å². The number of carbonyl (C=O) groups excluding carboxylic acids is 1. The van der Waals surface area contributed by atoms with Gasteiger partial charge in [0.15, 0.2) is 0 Å². The van der Waals surface area contributed by atoms with Crippen molar-refractivity contribution in [2.24, 2.45) is 0 Å². The van der Waals surface area contributed by atoms with E-state index in [0.717, 1.165) is 23.6 Å². The molecule has 1 aromatic heterocycles. The molecule has 0 saturated heterocycles. The van der Waals surface area contributed by atoms with Crippen molar-refractivity contribution >= 4 is 28.5 Å². The number of nitrogens with zero attached hydrogens (tertiary/aromatic N) is 3. The number of benzene rings is 2. The molecule has 0 radical (unpaired) electrons. The Bertz CT molecular complexity index is 1160. The summed E-state index contributed by atoms with van der Waals surface area (Å²) in [5.41, 5.74) is 3.11. The molecular formula is C25H26N4O3S. The maximum atomic E-state index is 12.4. The van der Waals surface area contributed by atoms with Crippen LogP contribution in [0.5, 0.6) is 11.5 Å². The molecule has 170 valence electrons. The Kier molecular flexibility index (Phi) is 8.56. The van der Waals surface area contributed by atoms with Crippen LogP contribution in [0.3, 0.4) is 0 Å². The fourth-order valence-corrected chi connectivity index (χ4v) is 3.69. The van der Waals surface area contributed by atoms with Gasteiger partial charge in [-0.05, 0) is 66.8 Å². The average molecular weight is 463 g/mol. The van der Waals surface area contributed by atoms with Crippen LogP contribution in [0.4, 0.5) is 5.13 Å². The lowest BCUT2D eigenvalue weighted by atomic mass is 10.1. The summed E-state index contributed by atoms with van der Waals surface area (Å²) in [7, 11) is 0. The standard InChI is InChI=1S/C25H26N4O3S/c1-4-18-12-17(3)13-22(15-18)32-11-10-31-21-8-6-19(7-9-21)14-20(16-26)24(30)27-25-29-28-23(5-2)33-25/h6-9,12-15H,4-5,10-11H2,1-3H3,(H,27,29,30)/b20-14-. The molecule has 33 heavy (non-hydrogen) atoms. The fraction of sp³-hybridized carbons (Fsp3) is 0.280. The van der Waals surface area contributed by atoms with E-state index in [2.05, 4.69) is 35.4 Å². The molecule has 2 aromatic carbocycles. The minimum Gasteiger partial charge on any atom is -0.490 e. The molecular weight excluding hydrogens is 436 g/mol. The number of anilines is 1. The van der Waals surface area contributed by atoms with E-state index in [1.54, 1.807) is 24.3 Å². The zero-order valence-corrected chi connectivity index (χ0v) is 19.7. The van der Waals surface area contributed by atoms with Gasteiger partial charge in [-0.2, -0.15) is 5.26 Å². The number of nitriles is 1. The van der Waals surface area contributed by atoms with Gasteiger partial charge < -0.3 is 9.47 Å². The van der Waals surface area contributed by atoms with Crippen LogP contribution >= 0.6 is 11.3 Å². The predicted octanol–water partition coefficient (Wildman–Crippen LogP) is 4.97. The Balaban J connectivity index is 1.52. The molecule has 0 unspecified atom stereocenters. The Morgan fingerprint density at radius 1 is 1.06 bits per heavy atom. The second kappa shape index (κ2) is 11.8. The Labute approximate surface area is 197 Å². The number of aromatic nitrogens is 2. The smallest absolute Gasteiger partial charge is 0.268 e. The first kappa shape index (κ1) is 24.0. The topological polar surface area (TPSA) is 97.1 Å². The number of rotatable bonds is 10. The van der Waals surface area contributed by atoms with Crippen LogP contribution < -0.4 is 14.8 Å². The first-order chi connectivity index (χ1) is 16.0. The number of carbonyl (C=O) groups is 1. The van der Waals surface area contributed by atoms with Gasteiger partial charge in [-0.3, -0.25) is 10.1 Å². The molecule has 7 nitrogen and oxygen atoms in total. The molecule has 0 aliphatic carbocycles. The molecule has 3 aromatic rings. The highest BCUT2D eigenvalue weighted by Gasteiger charge is 2.12. The van der Waals surface area contributed by atoms with Crippen molar-refractivity contribution in [2.75, 3.05) is 18.5 Å². The van der Waals surface area contributed by atoms with Crippen LogP contribution in [0, 0.1) is 18.3 Å². The largest absolute Gasteiger partial charge is 0.490 e. The van der Waals surface area contributed by atoms with Gasteiger partial charge in [-0.15, -0.1) is 10.2 Å². The molecule has 0 aliphatic heterocycles. The van der Waals surface area contributed by atoms with Crippen molar-refractivity contribution in [3.8, 4) is 17.6 Å². The van der Waals surface area contributed by atoms with Crippen LogP contribution in [0.25, 0.3) is 6.08 Å². The highest BCUT2D eigenvalue weighted by atomic mass is 32.1. The molecule has 0 spiro atoms. The van der Waals surface area contributed by atoms with Crippen LogP contribution in [0.2, 0.25) is 0 Å². The van der Waals surface area contributed by atoms with E-state index in [1.165, 1.54) is 28.5 Å². The summed E-state index contributed by atoms with van der Waals surface area (Å²) < 4.78 is 11.5. The number of ether oxygens (including phenoxy) is 2. The van der Waals surface area contributed by atoms with E-state index in [0.29, 0.717) is 29.7 Å². The van der Waals surface area contributed by atoms with E-state index in [1.807, 2.05) is 25.1 Å². The van der Waals surface area contributed by atoms with Crippen LogP contribution in [0.15, 0.2) is 48.0 Å². The van der Waals surface area contributed by atoms with Gasteiger partial charge in [0.05, 0.1) is 0 Å². The van der Waals surface area contributed by atoms with Crippen molar-refractivity contribution in [3.05, 3.63) is 69.7 Å².